The van der Waals surface area contributed by atoms with E-state index in [1.807, 2.05) is 0 Å². The number of carboxylic acid groups (broad SMARTS) is 1. The van der Waals surface area contributed by atoms with E-state index in [4.69, 9.17) is 5.11 Å². The minimum absolute atomic E-state index is 0.352. The van der Waals surface area contributed by atoms with Gasteiger partial charge in [0.15, 0.2) is 0 Å². The molecule has 4 nitrogen and oxygen atoms in total. The first-order valence-electron chi connectivity index (χ1n) is 4.52. The van der Waals surface area contributed by atoms with E-state index < -0.39 is 11.5 Å². The smallest absolute Gasteiger partial charge is 0.329 e. The highest BCUT2D eigenvalue weighted by atomic mass is 16.4. The second-order valence-electron chi connectivity index (χ2n) is 3.70. The van der Waals surface area contributed by atoms with Crippen molar-refractivity contribution in [2.75, 3.05) is 0 Å². The summed E-state index contributed by atoms with van der Waals surface area (Å²) in [5.41, 5.74) is -0.338. The summed E-state index contributed by atoms with van der Waals surface area (Å²) in [4.78, 5) is 22.1. The monoisotopic (exact) mass is 199 g/mol. The van der Waals surface area contributed by atoms with E-state index in [1.165, 1.54) is 13.0 Å². The Hall–Kier alpha value is -1.32. The molecule has 0 bridgehead atoms. The molecule has 0 saturated heterocycles. The van der Waals surface area contributed by atoms with Gasteiger partial charge in [-0.05, 0) is 27.2 Å². The molecule has 1 atom stereocenters. The number of hydrogen-bond acceptors (Lipinski definition) is 2. The van der Waals surface area contributed by atoms with Crippen LogP contribution in [0.3, 0.4) is 0 Å². The van der Waals surface area contributed by atoms with Gasteiger partial charge in [0.05, 0.1) is 0 Å². The largest absolute Gasteiger partial charge is 0.480 e. The molecule has 0 radical (unpaired) electrons. The minimum atomic E-state index is -1.18. The molecule has 1 unspecified atom stereocenters. The molecule has 0 aliphatic carbocycles. The van der Waals surface area contributed by atoms with Crippen molar-refractivity contribution >= 4 is 11.9 Å². The van der Waals surface area contributed by atoms with Crippen LogP contribution in [-0.4, -0.2) is 22.5 Å². The molecular weight excluding hydrogens is 182 g/mol. The normalized spacial score (nSPS) is 14.0. The first-order valence-corrected chi connectivity index (χ1v) is 4.52. The Morgan fingerprint density at radius 1 is 1.43 bits per heavy atom. The highest BCUT2D eigenvalue weighted by Gasteiger charge is 2.31. The quantitative estimate of drug-likeness (QED) is 0.671. The standard InChI is InChI=1S/C10H17NO3/c1-5-10(4,9(13)14)11-8(12)6-7(2)3/h6H,5H2,1-4H3,(H,11,12)(H,13,14). The lowest BCUT2D eigenvalue weighted by atomic mass is 9.99. The van der Waals surface area contributed by atoms with Crippen LogP contribution in [0.25, 0.3) is 0 Å². The molecule has 0 aliphatic rings. The Morgan fingerprint density at radius 3 is 2.21 bits per heavy atom. The van der Waals surface area contributed by atoms with Gasteiger partial charge in [-0.1, -0.05) is 12.5 Å². The maximum absolute atomic E-state index is 11.3. The summed E-state index contributed by atoms with van der Waals surface area (Å²) in [7, 11) is 0. The number of aliphatic carboxylic acids is 1. The molecule has 0 spiro atoms. The van der Waals surface area contributed by atoms with Gasteiger partial charge in [0.25, 0.3) is 0 Å². The van der Waals surface area contributed by atoms with Gasteiger partial charge in [-0.15, -0.1) is 0 Å². The average Bonchev–Trinajstić information content (AvgIpc) is 2.01. The van der Waals surface area contributed by atoms with E-state index in [-0.39, 0.29) is 5.91 Å². The summed E-state index contributed by atoms with van der Waals surface area (Å²) >= 11 is 0. The van der Waals surface area contributed by atoms with Gasteiger partial charge in [0.2, 0.25) is 5.91 Å². The number of rotatable bonds is 4. The molecular formula is C10H17NO3. The maximum Gasteiger partial charge on any atom is 0.329 e. The lowest BCUT2D eigenvalue weighted by molar-refractivity contribution is -0.146. The molecule has 0 heterocycles. The van der Waals surface area contributed by atoms with Crippen molar-refractivity contribution < 1.29 is 14.7 Å². The lowest BCUT2D eigenvalue weighted by Crippen LogP contribution is -2.51. The lowest BCUT2D eigenvalue weighted by Gasteiger charge is -2.23. The number of nitrogens with one attached hydrogen (secondary N) is 1. The molecule has 0 aliphatic heterocycles. The fourth-order valence-corrected chi connectivity index (χ4v) is 0.863. The zero-order valence-corrected chi connectivity index (χ0v) is 9.05. The zero-order chi connectivity index (χ0) is 11.4. The average molecular weight is 199 g/mol. The van der Waals surface area contributed by atoms with Gasteiger partial charge in [-0.2, -0.15) is 0 Å². The highest BCUT2D eigenvalue weighted by molar-refractivity contribution is 5.93. The third kappa shape index (κ3) is 3.60. The fourth-order valence-electron chi connectivity index (χ4n) is 0.863. The van der Waals surface area contributed by atoms with Gasteiger partial charge >= 0.3 is 5.97 Å². The minimum Gasteiger partial charge on any atom is -0.480 e. The van der Waals surface area contributed by atoms with Crippen LogP contribution in [0.2, 0.25) is 0 Å². The van der Waals surface area contributed by atoms with Gasteiger partial charge in [-0.3, -0.25) is 4.79 Å². The van der Waals surface area contributed by atoms with Crippen molar-refractivity contribution in [1.29, 1.82) is 0 Å². The molecule has 0 aromatic carbocycles. The summed E-state index contributed by atoms with van der Waals surface area (Å²) in [5.74, 6) is -1.38. The zero-order valence-electron chi connectivity index (χ0n) is 9.05. The number of carboxylic acids is 1. The van der Waals surface area contributed by atoms with Crippen molar-refractivity contribution in [1.82, 2.24) is 5.32 Å². The van der Waals surface area contributed by atoms with Crippen LogP contribution in [0.15, 0.2) is 11.6 Å². The Kier molecular flexibility index (Phi) is 4.34. The van der Waals surface area contributed by atoms with Crippen LogP contribution >= 0.6 is 0 Å². The van der Waals surface area contributed by atoms with E-state index in [0.29, 0.717) is 6.42 Å². The van der Waals surface area contributed by atoms with Crippen LogP contribution in [0.4, 0.5) is 0 Å². The predicted molar refractivity (Wildman–Crippen MR) is 53.9 cm³/mol. The van der Waals surface area contributed by atoms with Crippen LogP contribution in [0, 0.1) is 0 Å². The Bertz CT molecular complexity index is 267. The van der Waals surface area contributed by atoms with Gasteiger partial charge in [0.1, 0.15) is 5.54 Å². The van der Waals surface area contributed by atoms with Crippen LogP contribution in [-0.2, 0) is 9.59 Å². The topological polar surface area (TPSA) is 66.4 Å². The highest BCUT2D eigenvalue weighted by Crippen LogP contribution is 2.09. The molecule has 2 N–H and O–H groups in total. The number of carbonyl (C=O) groups excluding carboxylic acids is 1. The third-order valence-electron chi connectivity index (χ3n) is 2.00. The van der Waals surface area contributed by atoms with E-state index in [1.54, 1.807) is 20.8 Å². The van der Waals surface area contributed by atoms with Crippen molar-refractivity contribution in [2.45, 2.75) is 39.7 Å². The molecule has 0 rings (SSSR count). The molecule has 80 valence electrons. The van der Waals surface area contributed by atoms with Crippen molar-refractivity contribution in [2.24, 2.45) is 0 Å². The number of amides is 1. The van der Waals surface area contributed by atoms with Gasteiger partial charge in [-0.25, -0.2) is 4.79 Å². The predicted octanol–water partition coefficient (Wildman–Crippen LogP) is 1.32. The van der Waals surface area contributed by atoms with E-state index in [2.05, 4.69) is 5.32 Å². The van der Waals surface area contributed by atoms with Crippen LogP contribution in [0.5, 0.6) is 0 Å². The van der Waals surface area contributed by atoms with Crippen LogP contribution < -0.4 is 5.32 Å². The second kappa shape index (κ2) is 4.79. The molecule has 0 aromatic rings. The van der Waals surface area contributed by atoms with E-state index >= 15 is 0 Å². The first-order chi connectivity index (χ1) is 6.31. The van der Waals surface area contributed by atoms with Crippen molar-refractivity contribution in [3.63, 3.8) is 0 Å². The molecule has 0 aromatic heterocycles. The Labute approximate surface area is 84.0 Å². The van der Waals surface area contributed by atoms with Crippen molar-refractivity contribution in [3.05, 3.63) is 11.6 Å². The molecule has 1 amide bonds. The van der Waals surface area contributed by atoms with E-state index in [9.17, 15) is 9.59 Å². The molecule has 0 fully saturated rings. The van der Waals surface area contributed by atoms with Crippen LogP contribution in [0.1, 0.15) is 34.1 Å². The Balaban J connectivity index is 4.56. The van der Waals surface area contributed by atoms with Crippen molar-refractivity contribution in [3.8, 4) is 0 Å². The third-order valence-corrected chi connectivity index (χ3v) is 2.00. The van der Waals surface area contributed by atoms with Gasteiger partial charge in [0, 0.05) is 6.08 Å². The molecule has 0 saturated carbocycles. The number of allylic oxidation sites excluding steroid dienone is 1. The summed E-state index contributed by atoms with van der Waals surface area (Å²) in [6, 6.07) is 0. The summed E-state index contributed by atoms with van der Waals surface area (Å²) in [6.07, 6.45) is 1.74. The summed E-state index contributed by atoms with van der Waals surface area (Å²) in [5, 5.41) is 11.3. The molecule has 14 heavy (non-hydrogen) atoms. The number of carbonyl (C=O) groups is 2. The first kappa shape index (κ1) is 12.7. The summed E-state index contributed by atoms with van der Waals surface area (Å²) < 4.78 is 0. The fraction of sp³-hybridized carbons (Fsp3) is 0.600. The Morgan fingerprint density at radius 2 is 1.93 bits per heavy atom. The SMILES string of the molecule is CCC(C)(NC(=O)C=C(C)C)C(=O)O. The second-order valence-corrected chi connectivity index (χ2v) is 3.70. The maximum atomic E-state index is 11.3. The molecule has 4 heteroatoms. The van der Waals surface area contributed by atoms with Gasteiger partial charge < -0.3 is 10.4 Å². The summed E-state index contributed by atoms with van der Waals surface area (Å²) in [6.45, 7) is 6.77. The van der Waals surface area contributed by atoms with E-state index in [0.717, 1.165) is 5.57 Å². The number of hydrogen-bond donors (Lipinski definition) is 2.